The summed E-state index contributed by atoms with van der Waals surface area (Å²) in [5, 5.41) is 9.63. The second kappa shape index (κ2) is 11.4. The van der Waals surface area contributed by atoms with Gasteiger partial charge in [0, 0.05) is 53.0 Å². The van der Waals surface area contributed by atoms with Gasteiger partial charge in [0.1, 0.15) is 0 Å². The monoisotopic (exact) mass is 680 g/mol. The lowest BCUT2D eigenvalue weighted by atomic mass is 10.0. The summed E-state index contributed by atoms with van der Waals surface area (Å²) < 4.78 is 4.94. The van der Waals surface area contributed by atoms with Crippen molar-refractivity contribution in [3.05, 3.63) is 170 Å². The first kappa shape index (κ1) is 29.1. The molecule has 52 heavy (non-hydrogen) atoms. The van der Waals surface area contributed by atoms with Crippen molar-refractivity contribution in [1.29, 1.82) is 0 Å². The van der Waals surface area contributed by atoms with Gasteiger partial charge in [-0.3, -0.25) is 0 Å². The van der Waals surface area contributed by atoms with Gasteiger partial charge >= 0.3 is 0 Å². The molecular weight excluding hydrogens is 653 g/mol. The van der Waals surface area contributed by atoms with E-state index in [4.69, 9.17) is 15.0 Å². The Morgan fingerprint density at radius 1 is 0.365 bits per heavy atom. The van der Waals surface area contributed by atoms with Gasteiger partial charge in [0.2, 0.25) is 0 Å². The summed E-state index contributed by atoms with van der Waals surface area (Å²) in [4.78, 5) is 15.5. The number of hydrogen-bond donors (Lipinski definition) is 0. The molecule has 242 valence electrons. The number of aromatic nitrogens is 4. The fraction of sp³-hybridized carbons (Fsp3) is 0. The molecule has 8 aromatic carbocycles. The first-order valence-electron chi connectivity index (χ1n) is 17.4. The molecule has 3 aromatic heterocycles. The molecule has 0 aliphatic rings. The molecule has 0 saturated heterocycles. The largest absolute Gasteiger partial charge is 0.309 e. The van der Waals surface area contributed by atoms with Crippen LogP contribution in [0, 0.1) is 0 Å². The zero-order valence-corrected chi connectivity index (χ0v) is 28.7. The molecule has 0 spiro atoms. The Morgan fingerprint density at radius 2 is 1.02 bits per heavy atom. The molecule has 0 N–H and O–H groups in total. The first-order valence-corrected chi connectivity index (χ1v) is 18.3. The van der Waals surface area contributed by atoms with Gasteiger partial charge in [0.05, 0.1) is 16.7 Å². The molecule has 0 saturated carbocycles. The normalized spacial score (nSPS) is 11.8. The predicted octanol–water partition coefficient (Wildman–Crippen LogP) is 12.6. The minimum absolute atomic E-state index is 0.648. The first-order chi connectivity index (χ1) is 25.8. The van der Waals surface area contributed by atoms with Crippen molar-refractivity contribution in [2.45, 2.75) is 0 Å². The molecule has 3 heterocycles. The standard InChI is InChI=1S/C47H28N4S/c1-2-12-29(13-3-1)45-48-46(32-24-25-44-39(27-32)36-17-7-9-23-43(36)52-44)50-47(49-45)37-20-10-19-34-33(37)18-11-22-41(34)51-40-21-8-6-16-35(40)38-26-30-14-4-5-15-31(30)28-42(38)51/h1-28H. The van der Waals surface area contributed by atoms with Crippen LogP contribution < -0.4 is 0 Å². The maximum atomic E-state index is 5.22. The fourth-order valence-corrected chi connectivity index (χ4v) is 8.89. The summed E-state index contributed by atoms with van der Waals surface area (Å²) in [7, 11) is 0. The maximum absolute atomic E-state index is 5.22. The number of benzene rings is 8. The third kappa shape index (κ3) is 4.50. The van der Waals surface area contributed by atoms with Gasteiger partial charge in [0.25, 0.3) is 0 Å². The smallest absolute Gasteiger partial charge is 0.164 e. The molecule has 0 radical (unpaired) electrons. The Hall–Kier alpha value is -6.69. The van der Waals surface area contributed by atoms with Crippen molar-refractivity contribution in [2.24, 2.45) is 0 Å². The van der Waals surface area contributed by atoms with Crippen LogP contribution in [0.25, 0.3) is 103 Å². The molecule has 0 unspecified atom stereocenters. The van der Waals surface area contributed by atoms with E-state index in [2.05, 4.69) is 156 Å². The Bertz CT molecular complexity index is 3190. The van der Waals surface area contributed by atoms with Gasteiger partial charge in [-0.1, -0.05) is 121 Å². The zero-order valence-electron chi connectivity index (χ0n) is 27.9. The summed E-state index contributed by atoms with van der Waals surface area (Å²) in [6.07, 6.45) is 0. The van der Waals surface area contributed by atoms with Crippen LogP contribution in [0.1, 0.15) is 0 Å². The van der Waals surface area contributed by atoms with E-state index < -0.39 is 0 Å². The highest BCUT2D eigenvalue weighted by Crippen LogP contribution is 2.40. The van der Waals surface area contributed by atoms with Crippen LogP contribution in [0.5, 0.6) is 0 Å². The number of thiophene rings is 1. The molecule has 0 bridgehead atoms. The van der Waals surface area contributed by atoms with E-state index >= 15 is 0 Å². The lowest BCUT2D eigenvalue weighted by Crippen LogP contribution is -2.01. The highest BCUT2D eigenvalue weighted by molar-refractivity contribution is 7.25. The second-order valence-corrected chi connectivity index (χ2v) is 14.3. The number of hydrogen-bond acceptors (Lipinski definition) is 4. The van der Waals surface area contributed by atoms with E-state index in [0.29, 0.717) is 17.5 Å². The van der Waals surface area contributed by atoms with Gasteiger partial charge in [-0.05, 0) is 64.7 Å². The van der Waals surface area contributed by atoms with Crippen molar-refractivity contribution < 1.29 is 0 Å². The zero-order chi connectivity index (χ0) is 34.2. The molecule has 0 amide bonds. The van der Waals surface area contributed by atoms with Crippen LogP contribution in [-0.4, -0.2) is 19.5 Å². The molecule has 4 nitrogen and oxygen atoms in total. The van der Waals surface area contributed by atoms with E-state index in [-0.39, 0.29) is 0 Å². The molecule has 0 aliphatic heterocycles. The summed E-state index contributed by atoms with van der Waals surface area (Å²) in [6.45, 7) is 0. The molecule has 0 fully saturated rings. The van der Waals surface area contributed by atoms with E-state index in [9.17, 15) is 0 Å². The SMILES string of the molecule is c1ccc(-c2nc(-c3ccc4sc5ccccc5c4c3)nc(-c3cccc4c(-n5c6ccccc6c6cc7ccccc7cc65)cccc34)n2)cc1. The Balaban J connectivity index is 1.15. The average molecular weight is 681 g/mol. The van der Waals surface area contributed by atoms with E-state index in [1.165, 1.54) is 52.8 Å². The highest BCUT2D eigenvalue weighted by atomic mass is 32.1. The average Bonchev–Trinajstić information content (AvgIpc) is 3.74. The van der Waals surface area contributed by atoms with Gasteiger partial charge in [0.15, 0.2) is 17.5 Å². The minimum Gasteiger partial charge on any atom is -0.309 e. The lowest BCUT2D eigenvalue weighted by molar-refractivity contribution is 1.08. The van der Waals surface area contributed by atoms with Crippen molar-refractivity contribution in [1.82, 2.24) is 19.5 Å². The predicted molar refractivity (Wildman–Crippen MR) is 218 cm³/mol. The van der Waals surface area contributed by atoms with E-state index in [0.717, 1.165) is 33.2 Å². The van der Waals surface area contributed by atoms with Crippen molar-refractivity contribution >= 4 is 74.9 Å². The second-order valence-electron chi connectivity index (χ2n) is 13.2. The number of nitrogens with zero attached hydrogens (tertiary/aromatic N) is 4. The summed E-state index contributed by atoms with van der Waals surface area (Å²) in [6, 6.07) is 60.3. The van der Waals surface area contributed by atoms with Gasteiger partial charge in [-0.15, -0.1) is 11.3 Å². The summed E-state index contributed by atoms with van der Waals surface area (Å²) >= 11 is 1.81. The number of para-hydroxylation sites is 1. The third-order valence-corrected chi connectivity index (χ3v) is 11.4. The van der Waals surface area contributed by atoms with Crippen molar-refractivity contribution in [3.8, 4) is 39.9 Å². The van der Waals surface area contributed by atoms with Gasteiger partial charge in [-0.2, -0.15) is 0 Å². The fourth-order valence-electron chi connectivity index (χ4n) is 7.81. The van der Waals surface area contributed by atoms with E-state index in [1.807, 2.05) is 29.5 Å². The molecule has 0 atom stereocenters. The maximum Gasteiger partial charge on any atom is 0.164 e. The molecule has 0 aliphatic carbocycles. The van der Waals surface area contributed by atoms with Crippen LogP contribution >= 0.6 is 11.3 Å². The number of rotatable bonds is 4. The van der Waals surface area contributed by atoms with Gasteiger partial charge < -0.3 is 4.57 Å². The lowest BCUT2D eigenvalue weighted by Gasteiger charge is -2.14. The third-order valence-electron chi connectivity index (χ3n) is 10.2. The van der Waals surface area contributed by atoms with Crippen LogP contribution in [0.2, 0.25) is 0 Å². The molecule has 11 rings (SSSR count). The minimum atomic E-state index is 0.648. The number of fused-ring (bicyclic) bond motifs is 8. The summed E-state index contributed by atoms with van der Waals surface area (Å²) in [5.74, 6) is 1.96. The molecular formula is C47H28N4S. The van der Waals surface area contributed by atoms with Crippen molar-refractivity contribution in [3.63, 3.8) is 0 Å². The summed E-state index contributed by atoms with van der Waals surface area (Å²) in [5.41, 5.74) is 6.36. The Kier molecular flexibility index (Phi) is 6.39. The highest BCUT2D eigenvalue weighted by Gasteiger charge is 2.19. The van der Waals surface area contributed by atoms with Crippen LogP contribution in [0.3, 0.4) is 0 Å². The van der Waals surface area contributed by atoms with Crippen molar-refractivity contribution in [2.75, 3.05) is 0 Å². The van der Waals surface area contributed by atoms with Crippen LogP contribution in [-0.2, 0) is 0 Å². The quantitative estimate of drug-likeness (QED) is 0.186. The van der Waals surface area contributed by atoms with E-state index in [1.54, 1.807) is 0 Å². The van der Waals surface area contributed by atoms with Gasteiger partial charge in [-0.25, -0.2) is 15.0 Å². The Labute approximate surface area is 302 Å². The molecule has 5 heteroatoms. The van der Waals surface area contributed by atoms with Crippen LogP contribution in [0.4, 0.5) is 0 Å². The molecule has 11 aromatic rings. The topological polar surface area (TPSA) is 43.6 Å². The van der Waals surface area contributed by atoms with Crippen LogP contribution in [0.15, 0.2) is 170 Å². The Morgan fingerprint density at radius 3 is 1.90 bits per heavy atom.